The summed E-state index contributed by atoms with van der Waals surface area (Å²) in [5.74, 6) is -1.20. The van der Waals surface area contributed by atoms with Crippen LogP contribution in [-0.2, 0) is 9.59 Å². The fraction of sp³-hybridized carbons (Fsp3) is 0.333. The van der Waals surface area contributed by atoms with Gasteiger partial charge in [0.15, 0.2) is 0 Å². The third-order valence-corrected chi connectivity index (χ3v) is 4.87. The van der Waals surface area contributed by atoms with Gasteiger partial charge in [-0.15, -0.1) is 0 Å². The number of nitrogens with zero attached hydrogens (tertiary/aromatic N) is 4. The van der Waals surface area contributed by atoms with Crippen LogP contribution in [-0.4, -0.2) is 68.7 Å². The number of halogens is 3. The van der Waals surface area contributed by atoms with Gasteiger partial charge in [-0.05, 0) is 36.0 Å². The summed E-state index contributed by atoms with van der Waals surface area (Å²) >= 11 is 16.5. The molecule has 0 radical (unpaired) electrons. The number of hydrogen-bond acceptors (Lipinski definition) is 10. The van der Waals surface area contributed by atoms with Crippen LogP contribution < -0.4 is 33.2 Å². The van der Waals surface area contributed by atoms with Crippen LogP contribution in [0, 0.1) is 0 Å². The quantitative estimate of drug-likeness (QED) is 0.207. The molecule has 4 amide bonds. The highest BCUT2D eigenvalue weighted by Gasteiger charge is 2.24. The number of carbonyl (C=O) groups is 4. The van der Waals surface area contributed by atoms with Gasteiger partial charge in [0.25, 0.3) is 11.8 Å². The van der Waals surface area contributed by atoms with E-state index in [1.54, 1.807) is 0 Å². The van der Waals surface area contributed by atoms with Crippen LogP contribution in [0.5, 0.6) is 0 Å². The molecule has 0 aromatic carbocycles. The summed E-state index contributed by atoms with van der Waals surface area (Å²) in [5, 5.41) is 8.06. The number of primary amides is 2. The molecule has 1 unspecified atom stereocenters. The molecule has 17 heteroatoms. The molecule has 0 spiro atoms. The highest BCUT2D eigenvalue weighted by atomic mass is 35.5. The van der Waals surface area contributed by atoms with Crippen molar-refractivity contribution >= 4 is 64.2 Å². The minimum atomic E-state index is -0.701. The van der Waals surface area contributed by atoms with Gasteiger partial charge in [-0.3, -0.25) is 19.2 Å². The second-order valence-corrected chi connectivity index (χ2v) is 8.01. The summed E-state index contributed by atoms with van der Waals surface area (Å²) in [7, 11) is 0. The lowest BCUT2D eigenvalue weighted by molar-refractivity contribution is -0.120. The van der Waals surface area contributed by atoms with E-state index in [1.807, 2.05) is 0 Å². The fourth-order valence-electron chi connectivity index (χ4n) is 2.66. The van der Waals surface area contributed by atoms with E-state index in [4.69, 9.17) is 52.0 Å². The molecule has 2 fully saturated rings. The van der Waals surface area contributed by atoms with E-state index in [9.17, 15) is 19.2 Å². The molecular weight excluding hydrogens is 527 g/mol. The zero-order valence-corrected chi connectivity index (χ0v) is 20.2. The molecule has 4 heterocycles. The Bertz CT molecular complexity index is 1100. The van der Waals surface area contributed by atoms with Gasteiger partial charge in [0, 0.05) is 25.2 Å². The maximum absolute atomic E-state index is 11.3. The average molecular weight is 548 g/mol. The lowest BCUT2D eigenvalue weighted by Gasteiger charge is -2.10. The molecule has 35 heavy (non-hydrogen) atoms. The normalized spacial score (nSPS) is 18.3. The zero-order chi connectivity index (χ0) is 26.1. The lowest BCUT2D eigenvalue weighted by atomic mass is 10.2. The van der Waals surface area contributed by atoms with E-state index < -0.39 is 11.8 Å². The largest absolute Gasteiger partial charge is 0.364 e. The lowest BCUT2D eigenvalue weighted by Crippen LogP contribution is -2.30. The van der Waals surface area contributed by atoms with Crippen molar-refractivity contribution in [3.63, 3.8) is 0 Å². The number of hydrogen-bond donors (Lipinski definition) is 6. The number of aromatic nitrogens is 4. The number of amides is 4. The summed E-state index contributed by atoms with van der Waals surface area (Å²) in [5.41, 5.74) is 15.3. The van der Waals surface area contributed by atoms with Crippen molar-refractivity contribution in [2.24, 2.45) is 17.2 Å². The Labute approximate surface area is 213 Å². The van der Waals surface area contributed by atoms with E-state index in [0.29, 0.717) is 18.8 Å². The second kappa shape index (κ2) is 12.9. The third kappa shape index (κ3) is 9.09. The predicted octanol–water partition coefficient (Wildman–Crippen LogP) is -0.755. The Kier molecular flexibility index (Phi) is 10.3. The Balaban J connectivity index is 0.000000205. The number of nitrogens with two attached hydrogens (primary N) is 3. The van der Waals surface area contributed by atoms with Crippen LogP contribution in [0.15, 0.2) is 12.1 Å². The number of anilines is 1. The van der Waals surface area contributed by atoms with Gasteiger partial charge in [0.05, 0.1) is 6.04 Å². The number of carbonyl (C=O) groups excluding carboxylic acids is 4. The van der Waals surface area contributed by atoms with Crippen molar-refractivity contribution in [1.82, 2.24) is 30.6 Å². The molecule has 2 saturated heterocycles. The van der Waals surface area contributed by atoms with Crippen LogP contribution in [0.25, 0.3) is 0 Å². The summed E-state index contributed by atoms with van der Waals surface area (Å²) < 4.78 is 0. The van der Waals surface area contributed by atoms with Crippen molar-refractivity contribution in [3.8, 4) is 0 Å². The van der Waals surface area contributed by atoms with E-state index in [1.165, 1.54) is 12.1 Å². The van der Waals surface area contributed by atoms with Crippen molar-refractivity contribution in [1.29, 1.82) is 0 Å². The third-order valence-electron chi connectivity index (χ3n) is 4.33. The van der Waals surface area contributed by atoms with Gasteiger partial charge in [0.2, 0.25) is 22.4 Å². The van der Waals surface area contributed by atoms with Crippen LogP contribution in [0.2, 0.25) is 15.7 Å². The first-order valence-corrected chi connectivity index (χ1v) is 11.0. The maximum atomic E-state index is 11.3. The molecular formula is C18H21Cl3N10O4. The van der Waals surface area contributed by atoms with E-state index in [-0.39, 0.29) is 51.0 Å². The van der Waals surface area contributed by atoms with Gasteiger partial charge in [-0.2, -0.15) is 0 Å². The molecule has 4 rings (SSSR count). The van der Waals surface area contributed by atoms with E-state index in [0.717, 1.165) is 13.0 Å². The highest BCUT2D eigenvalue weighted by Crippen LogP contribution is 2.14. The Hall–Kier alpha value is -3.33. The first-order valence-electron chi connectivity index (χ1n) is 9.88. The Morgan fingerprint density at radius 2 is 1.40 bits per heavy atom. The number of rotatable bonds is 4. The topological polar surface area (TPSA) is 234 Å². The standard InChI is InChI=1S/C9H10ClN5O2.C5H3Cl2N3O.C4H8N2O/c10-9-14-5(7(11)16)3-6(15-9)13-4-1-2-12-8(4)17;6-3-1-2(4(8)11)9-5(7)10-3;5-3-1-2-6-4(3)7/h3-4H,1-2H2,(H2,11,16)(H,12,17)(H,13,14,15);1H,(H2,8,11);3H,1-2,5H2,(H,6,7)/t4-;;/m0../s1. The first kappa shape index (κ1) is 27.9. The molecule has 2 aliphatic rings. The van der Waals surface area contributed by atoms with Gasteiger partial charge in [-0.25, -0.2) is 19.9 Å². The Morgan fingerprint density at radius 1 is 0.857 bits per heavy atom. The number of nitrogens with one attached hydrogen (secondary N) is 3. The van der Waals surface area contributed by atoms with Gasteiger partial charge in [-0.1, -0.05) is 11.6 Å². The minimum Gasteiger partial charge on any atom is -0.364 e. The molecule has 2 aliphatic heterocycles. The molecule has 2 atom stereocenters. The smallest absolute Gasteiger partial charge is 0.267 e. The van der Waals surface area contributed by atoms with Crippen molar-refractivity contribution in [2.75, 3.05) is 18.4 Å². The first-order chi connectivity index (χ1) is 16.5. The summed E-state index contributed by atoms with van der Waals surface area (Å²) in [6, 6.07) is 2.00. The van der Waals surface area contributed by atoms with Crippen molar-refractivity contribution in [2.45, 2.75) is 24.9 Å². The highest BCUT2D eigenvalue weighted by molar-refractivity contribution is 6.32. The molecule has 2 aromatic rings. The molecule has 0 aliphatic carbocycles. The van der Waals surface area contributed by atoms with E-state index in [2.05, 4.69) is 35.9 Å². The van der Waals surface area contributed by atoms with Gasteiger partial charge >= 0.3 is 0 Å². The predicted molar refractivity (Wildman–Crippen MR) is 127 cm³/mol. The monoisotopic (exact) mass is 546 g/mol. The molecule has 9 N–H and O–H groups in total. The zero-order valence-electron chi connectivity index (χ0n) is 17.9. The van der Waals surface area contributed by atoms with Crippen LogP contribution in [0.3, 0.4) is 0 Å². The molecule has 0 saturated carbocycles. The molecule has 188 valence electrons. The molecule has 14 nitrogen and oxygen atoms in total. The summed E-state index contributed by atoms with van der Waals surface area (Å²) in [6.45, 7) is 1.36. The van der Waals surface area contributed by atoms with Crippen molar-refractivity contribution in [3.05, 3.63) is 39.2 Å². The van der Waals surface area contributed by atoms with Gasteiger partial charge in [0.1, 0.15) is 28.4 Å². The van der Waals surface area contributed by atoms with Gasteiger partial charge < -0.3 is 33.2 Å². The van der Waals surface area contributed by atoms with Crippen molar-refractivity contribution < 1.29 is 19.2 Å². The Morgan fingerprint density at radius 3 is 1.83 bits per heavy atom. The summed E-state index contributed by atoms with van der Waals surface area (Å²) in [6.07, 6.45) is 1.44. The van der Waals surface area contributed by atoms with Crippen LogP contribution in [0.4, 0.5) is 5.82 Å². The SMILES string of the molecule is NC(=O)c1cc(Cl)nc(Cl)n1.NC(=O)c1cc(N[C@H]2CCNC2=O)nc(Cl)n1.NC1CCNC1=O. The van der Waals surface area contributed by atoms with Crippen LogP contribution >= 0.6 is 34.8 Å². The minimum absolute atomic E-state index is 0.00547. The molecule has 0 bridgehead atoms. The average Bonchev–Trinajstić information content (AvgIpc) is 3.35. The maximum Gasteiger partial charge on any atom is 0.267 e. The fourth-order valence-corrected chi connectivity index (χ4v) is 3.25. The second-order valence-electron chi connectivity index (χ2n) is 6.94. The summed E-state index contributed by atoms with van der Waals surface area (Å²) in [4.78, 5) is 57.8. The van der Waals surface area contributed by atoms with E-state index >= 15 is 0 Å². The van der Waals surface area contributed by atoms with Crippen LogP contribution in [0.1, 0.15) is 33.8 Å². The molecule has 2 aromatic heterocycles.